The van der Waals surface area contributed by atoms with Gasteiger partial charge in [-0.3, -0.25) is 4.79 Å². The lowest BCUT2D eigenvalue weighted by molar-refractivity contribution is -0.121. The summed E-state index contributed by atoms with van der Waals surface area (Å²) in [4.78, 5) is 14.0. The molecule has 1 amide bonds. The standard InChI is InChI=1S/C16H25FN2O/c1-12(13-6-8-14(17)9-7-13)10-15(20)18-11-16(2,3)19(4)5/h6-9,12H,10-11H2,1-5H3,(H,18,20)/t12-/m0/s1. The Bertz CT molecular complexity index is 440. The maximum atomic E-state index is 12.9. The number of carbonyl (C=O) groups is 1. The summed E-state index contributed by atoms with van der Waals surface area (Å²) in [6.07, 6.45) is 0.412. The van der Waals surface area contributed by atoms with E-state index < -0.39 is 0 Å². The first-order valence-corrected chi connectivity index (χ1v) is 6.92. The molecule has 1 N–H and O–H groups in total. The van der Waals surface area contributed by atoms with Crippen LogP contribution >= 0.6 is 0 Å². The summed E-state index contributed by atoms with van der Waals surface area (Å²) in [6.45, 7) is 6.74. The van der Waals surface area contributed by atoms with E-state index in [9.17, 15) is 9.18 Å². The Hall–Kier alpha value is -1.42. The normalized spacial score (nSPS) is 13.3. The number of rotatable bonds is 6. The van der Waals surface area contributed by atoms with Crippen LogP contribution in [0.3, 0.4) is 0 Å². The van der Waals surface area contributed by atoms with Crippen molar-refractivity contribution in [3.05, 3.63) is 35.6 Å². The van der Waals surface area contributed by atoms with Crippen molar-refractivity contribution in [2.45, 2.75) is 38.6 Å². The number of hydrogen-bond acceptors (Lipinski definition) is 2. The van der Waals surface area contributed by atoms with E-state index in [4.69, 9.17) is 0 Å². The molecule has 4 heteroatoms. The molecule has 0 radical (unpaired) electrons. The van der Waals surface area contributed by atoms with Gasteiger partial charge in [0.1, 0.15) is 5.82 Å². The lowest BCUT2D eigenvalue weighted by Gasteiger charge is -2.32. The molecule has 0 aliphatic heterocycles. The highest BCUT2D eigenvalue weighted by atomic mass is 19.1. The van der Waals surface area contributed by atoms with Crippen LogP contribution in [0.4, 0.5) is 4.39 Å². The number of hydrogen-bond donors (Lipinski definition) is 1. The predicted molar refractivity (Wildman–Crippen MR) is 80.2 cm³/mol. The van der Waals surface area contributed by atoms with Crippen LogP contribution < -0.4 is 5.32 Å². The van der Waals surface area contributed by atoms with E-state index in [0.717, 1.165) is 5.56 Å². The molecule has 3 nitrogen and oxygen atoms in total. The Morgan fingerprint density at radius 3 is 2.35 bits per heavy atom. The van der Waals surface area contributed by atoms with Crippen molar-refractivity contribution in [3.63, 3.8) is 0 Å². The van der Waals surface area contributed by atoms with Crippen molar-refractivity contribution in [1.29, 1.82) is 0 Å². The highest BCUT2D eigenvalue weighted by Gasteiger charge is 2.21. The molecule has 0 heterocycles. The first kappa shape index (κ1) is 16.6. The van der Waals surface area contributed by atoms with E-state index >= 15 is 0 Å². The van der Waals surface area contributed by atoms with Gasteiger partial charge in [0.2, 0.25) is 5.91 Å². The van der Waals surface area contributed by atoms with Crippen LogP contribution in [0.1, 0.15) is 38.7 Å². The summed E-state index contributed by atoms with van der Waals surface area (Å²) < 4.78 is 12.9. The molecule has 1 aromatic rings. The smallest absolute Gasteiger partial charge is 0.220 e. The summed E-state index contributed by atoms with van der Waals surface area (Å²) in [5.41, 5.74) is 0.905. The van der Waals surface area contributed by atoms with Crippen LogP contribution in [0.15, 0.2) is 24.3 Å². The minimum Gasteiger partial charge on any atom is -0.354 e. The van der Waals surface area contributed by atoms with Gasteiger partial charge in [0.05, 0.1) is 0 Å². The Labute approximate surface area is 121 Å². The van der Waals surface area contributed by atoms with Gasteiger partial charge in [-0.05, 0) is 51.6 Å². The second-order valence-electron chi connectivity index (χ2n) is 6.14. The summed E-state index contributed by atoms with van der Waals surface area (Å²) >= 11 is 0. The van der Waals surface area contributed by atoms with Crippen molar-refractivity contribution in [1.82, 2.24) is 10.2 Å². The SMILES string of the molecule is C[C@@H](CC(=O)NCC(C)(C)N(C)C)c1ccc(F)cc1. The summed E-state index contributed by atoms with van der Waals surface area (Å²) in [5, 5.41) is 2.96. The fraction of sp³-hybridized carbons (Fsp3) is 0.562. The molecule has 0 aromatic heterocycles. The van der Waals surface area contributed by atoms with Crippen LogP contribution in [0, 0.1) is 5.82 Å². The lowest BCUT2D eigenvalue weighted by atomic mass is 9.97. The molecular formula is C16H25FN2O. The monoisotopic (exact) mass is 280 g/mol. The zero-order valence-electron chi connectivity index (χ0n) is 13.0. The number of nitrogens with one attached hydrogen (secondary N) is 1. The predicted octanol–water partition coefficient (Wildman–Crippen LogP) is 2.78. The molecule has 0 unspecified atom stereocenters. The van der Waals surface area contributed by atoms with Crippen molar-refractivity contribution in [2.75, 3.05) is 20.6 Å². The van der Waals surface area contributed by atoms with E-state index in [0.29, 0.717) is 13.0 Å². The molecule has 1 atom stereocenters. The van der Waals surface area contributed by atoms with Crippen LogP contribution in [0.25, 0.3) is 0 Å². The summed E-state index contributed by atoms with van der Waals surface area (Å²) in [5.74, 6) is -0.145. The zero-order valence-corrected chi connectivity index (χ0v) is 13.0. The fourth-order valence-corrected chi connectivity index (χ4v) is 1.73. The Kier molecular flexibility index (Phi) is 5.69. The van der Waals surface area contributed by atoms with Crippen molar-refractivity contribution in [3.8, 4) is 0 Å². The van der Waals surface area contributed by atoms with Gasteiger partial charge in [-0.1, -0.05) is 19.1 Å². The van der Waals surface area contributed by atoms with E-state index in [1.54, 1.807) is 12.1 Å². The summed E-state index contributed by atoms with van der Waals surface area (Å²) in [6, 6.07) is 6.33. The fourth-order valence-electron chi connectivity index (χ4n) is 1.73. The second-order valence-corrected chi connectivity index (χ2v) is 6.14. The summed E-state index contributed by atoms with van der Waals surface area (Å²) in [7, 11) is 3.99. The van der Waals surface area contributed by atoms with Gasteiger partial charge in [0, 0.05) is 18.5 Å². The Morgan fingerprint density at radius 2 is 1.85 bits per heavy atom. The second kappa shape index (κ2) is 6.84. The third-order valence-electron chi connectivity index (χ3n) is 3.86. The molecular weight excluding hydrogens is 255 g/mol. The minimum absolute atomic E-state index is 0.0248. The molecule has 20 heavy (non-hydrogen) atoms. The van der Waals surface area contributed by atoms with Gasteiger partial charge in [-0.2, -0.15) is 0 Å². The van der Waals surface area contributed by atoms with Gasteiger partial charge < -0.3 is 10.2 Å². The van der Waals surface area contributed by atoms with Crippen LogP contribution in [-0.4, -0.2) is 37.0 Å². The van der Waals surface area contributed by atoms with Gasteiger partial charge in [-0.15, -0.1) is 0 Å². The number of carbonyl (C=O) groups excluding carboxylic acids is 1. The maximum Gasteiger partial charge on any atom is 0.220 e. The van der Waals surface area contributed by atoms with E-state index in [1.807, 2.05) is 21.0 Å². The lowest BCUT2D eigenvalue weighted by Crippen LogP contribution is -2.48. The van der Waals surface area contributed by atoms with E-state index in [-0.39, 0.29) is 23.2 Å². The number of nitrogens with zero attached hydrogens (tertiary/aromatic N) is 1. The zero-order chi connectivity index (χ0) is 15.3. The van der Waals surface area contributed by atoms with E-state index in [2.05, 4.69) is 24.1 Å². The molecule has 112 valence electrons. The molecule has 0 aliphatic carbocycles. The molecule has 0 fully saturated rings. The largest absolute Gasteiger partial charge is 0.354 e. The Balaban J connectivity index is 2.48. The van der Waals surface area contributed by atoms with Crippen molar-refractivity contribution >= 4 is 5.91 Å². The molecule has 0 aliphatic rings. The quantitative estimate of drug-likeness (QED) is 0.869. The molecule has 0 spiro atoms. The number of halogens is 1. The average Bonchev–Trinajstić information content (AvgIpc) is 2.37. The van der Waals surface area contributed by atoms with Crippen molar-refractivity contribution < 1.29 is 9.18 Å². The molecule has 1 rings (SSSR count). The highest BCUT2D eigenvalue weighted by Crippen LogP contribution is 2.19. The third-order valence-corrected chi connectivity index (χ3v) is 3.86. The van der Waals surface area contributed by atoms with Gasteiger partial charge in [0.15, 0.2) is 0 Å². The van der Waals surface area contributed by atoms with Crippen molar-refractivity contribution in [2.24, 2.45) is 0 Å². The van der Waals surface area contributed by atoms with Gasteiger partial charge in [-0.25, -0.2) is 4.39 Å². The number of benzene rings is 1. The third kappa shape index (κ3) is 4.93. The number of likely N-dealkylation sites (N-methyl/N-ethyl adjacent to an activating group) is 1. The molecule has 0 saturated carbocycles. The first-order valence-electron chi connectivity index (χ1n) is 6.92. The molecule has 0 saturated heterocycles. The average molecular weight is 280 g/mol. The van der Waals surface area contributed by atoms with Gasteiger partial charge in [0.25, 0.3) is 0 Å². The topological polar surface area (TPSA) is 32.3 Å². The van der Waals surface area contributed by atoms with Crippen LogP contribution in [0.2, 0.25) is 0 Å². The number of amides is 1. The first-order chi connectivity index (χ1) is 9.22. The minimum atomic E-state index is -0.252. The Morgan fingerprint density at radius 1 is 1.30 bits per heavy atom. The molecule has 1 aromatic carbocycles. The van der Waals surface area contributed by atoms with Crippen LogP contribution in [0.5, 0.6) is 0 Å². The van der Waals surface area contributed by atoms with E-state index in [1.165, 1.54) is 12.1 Å². The van der Waals surface area contributed by atoms with Crippen LogP contribution in [-0.2, 0) is 4.79 Å². The van der Waals surface area contributed by atoms with Gasteiger partial charge >= 0.3 is 0 Å². The highest BCUT2D eigenvalue weighted by molar-refractivity contribution is 5.76. The molecule has 0 bridgehead atoms. The maximum absolute atomic E-state index is 12.9.